The maximum atomic E-state index is 13.5. The third-order valence-corrected chi connectivity index (χ3v) is 5.87. The Morgan fingerprint density at radius 1 is 1.50 bits per heavy atom. The summed E-state index contributed by atoms with van der Waals surface area (Å²) in [5.41, 5.74) is 5.19. The molecule has 0 saturated carbocycles. The second-order valence-corrected chi connectivity index (χ2v) is 7.64. The molecule has 1 saturated heterocycles. The van der Waals surface area contributed by atoms with Crippen molar-refractivity contribution in [3.05, 3.63) is 29.6 Å². The number of carbonyl (C=O) groups excluding carboxylic acids is 1. The van der Waals surface area contributed by atoms with Gasteiger partial charge < -0.3 is 10.5 Å². The van der Waals surface area contributed by atoms with Crippen molar-refractivity contribution >= 4 is 16.0 Å². The molecule has 8 heteroatoms. The minimum absolute atomic E-state index is 0.176. The van der Waals surface area contributed by atoms with Gasteiger partial charge in [-0.05, 0) is 36.6 Å². The molecule has 122 valence electrons. The molecular weight excluding hydrogens is 311 g/mol. The summed E-state index contributed by atoms with van der Waals surface area (Å²) in [5, 5.41) is 0. The van der Waals surface area contributed by atoms with Gasteiger partial charge >= 0.3 is 5.97 Å². The fourth-order valence-corrected chi connectivity index (χ4v) is 4.26. The van der Waals surface area contributed by atoms with Crippen LogP contribution in [-0.4, -0.2) is 45.4 Å². The van der Waals surface area contributed by atoms with Crippen molar-refractivity contribution in [3.63, 3.8) is 0 Å². The van der Waals surface area contributed by atoms with Crippen LogP contribution in [0.5, 0.6) is 0 Å². The second kappa shape index (κ2) is 5.94. The van der Waals surface area contributed by atoms with E-state index in [1.54, 1.807) is 0 Å². The maximum absolute atomic E-state index is 13.5. The predicted octanol–water partition coefficient (Wildman–Crippen LogP) is 0.972. The number of benzene rings is 1. The van der Waals surface area contributed by atoms with Crippen LogP contribution in [0.4, 0.5) is 4.39 Å². The lowest BCUT2D eigenvalue weighted by atomic mass is 9.90. The summed E-state index contributed by atoms with van der Waals surface area (Å²) in [4.78, 5) is 11.4. The molecule has 1 atom stereocenters. The predicted molar refractivity (Wildman–Crippen MR) is 78.3 cm³/mol. The average Bonchev–Trinajstić information content (AvgIpc) is 2.90. The summed E-state index contributed by atoms with van der Waals surface area (Å²) >= 11 is 0. The van der Waals surface area contributed by atoms with Crippen LogP contribution in [0.1, 0.15) is 23.7 Å². The van der Waals surface area contributed by atoms with Crippen LogP contribution in [0, 0.1) is 11.2 Å². The van der Waals surface area contributed by atoms with Crippen molar-refractivity contribution in [2.75, 3.05) is 26.7 Å². The van der Waals surface area contributed by atoms with Crippen LogP contribution in [0.2, 0.25) is 0 Å². The minimum atomic E-state index is -3.99. The number of methoxy groups -OCH3 is 1. The minimum Gasteiger partial charge on any atom is -0.465 e. The molecule has 1 aromatic rings. The molecular formula is C14H19FN2O4S. The van der Waals surface area contributed by atoms with Crippen LogP contribution < -0.4 is 5.73 Å². The highest BCUT2D eigenvalue weighted by Gasteiger charge is 2.40. The normalized spacial score (nSPS) is 22.7. The zero-order valence-electron chi connectivity index (χ0n) is 12.5. The largest absolute Gasteiger partial charge is 0.465 e. The Hall–Kier alpha value is -1.51. The zero-order chi connectivity index (χ0) is 16.5. The number of esters is 1. The zero-order valence-corrected chi connectivity index (χ0v) is 13.3. The van der Waals surface area contributed by atoms with Crippen molar-refractivity contribution in [1.29, 1.82) is 0 Å². The van der Waals surface area contributed by atoms with Crippen molar-refractivity contribution in [1.82, 2.24) is 4.31 Å². The van der Waals surface area contributed by atoms with Gasteiger partial charge in [0.15, 0.2) is 0 Å². The van der Waals surface area contributed by atoms with E-state index in [1.807, 2.05) is 6.92 Å². The van der Waals surface area contributed by atoms with Gasteiger partial charge in [-0.25, -0.2) is 17.6 Å². The fourth-order valence-electron chi connectivity index (χ4n) is 2.48. The number of halogens is 1. The van der Waals surface area contributed by atoms with Gasteiger partial charge in [-0.1, -0.05) is 6.92 Å². The lowest BCUT2D eigenvalue weighted by Crippen LogP contribution is -2.35. The number of hydrogen-bond acceptors (Lipinski definition) is 5. The lowest BCUT2D eigenvalue weighted by molar-refractivity contribution is 0.0596. The molecule has 6 nitrogen and oxygen atoms in total. The molecule has 22 heavy (non-hydrogen) atoms. The van der Waals surface area contributed by atoms with Gasteiger partial charge in [0, 0.05) is 13.1 Å². The first kappa shape index (κ1) is 16.9. The maximum Gasteiger partial charge on any atom is 0.339 e. The SMILES string of the molecule is COC(=O)c1ccc(F)cc1S(=O)(=O)N1CCC(C)(CN)C1. The Morgan fingerprint density at radius 3 is 2.73 bits per heavy atom. The first-order valence-corrected chi connectivity index (χ1v) is 8.25. The van der Waals surface area contributed by atoms with E-state index in [9.17, 15) is 17.6 Å². The van der Waals surface area contributed by atoms with Crippen molar-refractivity contribution in [2.24, 2.45) is 11.1 Å². The summed E-state index contributed by atoms with van der Waals surface area (Å²) in [7, 11) is -2.85. The quantitative estimate of drug-likeness (QED) is 0.831. The topological polar surface area (TPSA) is 89.7 Å². The molecule has 1 fully saturated rings. The molecule has 0 amide bonds. The Balaban J connectivity index is 2.46. The molecule has 0 bridgehead atoms. The van der Waals surface area contributed by atoms with Crippen molar-refractivity contribution < 1.29 is 22.3 Å². The number of rotatable bonds is 4. The first-order valence-electron chi connectivity index (χ1n) is 6.81. The van der Waals surface area contributed by atoms with E-state index in [4.69, 9.17) is 5.73 Å². The van der Waals surface area contributed by atoms with Crippen LogP contribution in [0.3, 0.4) is 0 Å². The summed E-state index contributed by atoms with van der Waals surface area (Å²) in [6.45, 7) is 2.78. The van der Waals surface area contributed by atoms with Crippen molar-refractivity contribution in [2.45, 2.75) is 18.2 Å². The van der Waals surface area contributed by atoms with Crippen LogP contribution in [0.25, 0.3) is 0 Å². The molecule has 2 rings (SSSR count). The van der Waals surface area contributed by atoms with E-state index in [0.29, 0.717) is 13.0 Å². The molecule has 0 radical (unpaired) electrons. The molecule has 1 aliphatic rings. The number of ether oxygens (including phenoxy) is 1. The van der Waals surface area contributed by atoms with Gasteiger partial charge in [0.25, 0.3) is 0 Å². The Kier molecular flexibility index (Phi) is 4.55. The van der Waals surface area contributed by atoms with E-state index >= 15 is 0 Å². The number of sulfonamides is 1. The van der Waals surface area contributed by atoms with E-state index in [2.05, 4.69) is 4.74 Å². The summed E-state index contributed by atoms with van der Waals surface area (Å²) < 4.78 is 44.8. The summed E-state index contributed by atoms with van der Waals surface area (Å²) in [6, 6.07) is 2.99. The Labute approximate surface area is 129 Å². The first-order chi connectivity index (χ1) is 10.2. The van der Waals surface area contributed by atoms with Gasteiger partial charge in [0.2, 0.25) is 10.0 Å². The Morgan fingerprint density at radius 2 is 2.18 bits per heavy atom. The molecule has 0 aliphatic carbocycles. The van der Waals surface area contributed by atoms with Gasteiger partial charge in [0.1, 0.15) is 5.82 Å². The number of nitrogens with two attached hydrogens (primary N) is 1. The number of nitrogens with zero attached hydrogens (tertiary/aromatic N) is 1. The molecule has 1 aromatic carbocycles. The van der Waals surface area contributed by atoms with Gasteiger partial charge in [-0.2, -0.15) is 4.31 Å². The number of hydrogen-bond donors (Lipinski definition) is 1. The Bertz CT molecular complexity index is 692. The standard InChI is InChI=1S/C14H19FN2O4S/c1-14(8-16)5-6-17(9-14)22(19,20)12-7-10(15)3-4-11(12)13(18)21-2/h3-4,7H,5-6,8-9,16H2,1-2H3. The lowest BCUT2D eigenvalue weighted by Gasteiger charge is -2.23. The summed E-state index contributed by atoms with van der Waals surface area (Å²) in [6.07, 6.45) is 0.617. The highest BCUT2D eigenvalue weighted by Crippen LogP contribution is 2.33. The van der Waals surface area contributed by atoms with Gasteiger partial charge in [-0.15, -0.1) is 0 Å². The van der Waals surface area contributed by atoms with E-state index in [1.165, 1.54) is 4.31 Å². The van der Waals surface area contributed by atoms with E-state index in [0.717, 1.165) is 25.3 Å². The monoisotopic (exact) mass is 330 g/mol. The van der Waals surface area contributed by atoms with Gasteiger partial charge in [0.05, 0.1) is 17.6 Å². The molecule has 0 spiro atoms. The number of carbonyl (C=O) groups is 1. The van der Waals surface area contributed by atoms with E-state index in [-0.39, 0.29) is 29.0 Å². The highest BCUT2D eigenvalue weighted by atomic mass is 32.2. The van der Waals surface area contributed by atoms with Gasteiger partial charge in [-0.3, -0.25) is 0 Å². The third kappa shape index (κ3) is 2.99. The molecule has 1 aliphatic heterocycles. The molecule has 1 unspecified atom stereocenters. The average molecular weight is 330 g/mol. The second-order valence-electron chi connectivity index (χ2n) is 5.74. The summed E-state index contributed by atoms with van der Waals surface area (Å²) in [5.74, 6) is -1.55. The van der Waals surface area contributed by atoms with E-state index < -0.39 is 21.8 Å². The third-order valence-electron chi connectivity index (χ3n) is 3.98. The highest BCUT2D eigenvalue weighted by molar-refractivity contribution is 7.89. The molecule has 2 N–H and O–H groups in total. The fraction of sp³-hybridized carbons (Fsp3) is 0.500. The molecule has 1 heterocycles. The van der Waals surface area contributed by atoms with Crippen LogP contribution >= 0.6 is 0 Å². The smallest absolute Gasteiger partial charge is 0.339 e. The van der Waals surface area contributed by atoms with Crippen molar-refractivity contribution in [3.8, 4) is 0 Å². The van der Waals surface area contributed by atoms with Crippen LogP contribution in [0.15, 0.2) is 23.1 Å². The van der Waals surface area contributed by atoms with Crippen LogP contribution in [-0.2, 0) is 14.8 Å². The molecule has 0 aromatic heterocycles.